The van der Waals surface area contributed by atoms with Gasteiger partial charge in [0.25, 0.3) is 0 Å². The van der Waals surface area contributed by atoms with Gasteiger partial charge in [-0.1, -0.05) is 88.7 Å². The van der Waals surface area contributed by atoms with E-state index >= 15 is 0 Å². The molecule has 0 radical (unpaired) electrons. The summed E-state index contributed by atoms with van der Waals surface area (Å²) in [6.07, 6.45) is 0.849. The van der Waals surface area contributed by atoms with Crippen molar-refractivity contribution in [3.8, 4) is 0 Å². The summed E-state index contributed by atoms with van der Waals surface area (Å²) in [5.41, 5.74) is 3.26. The van der Waals surface area contributed by atoms with E-state index < -0.39 is 6.04 Å². The molecule has 1 atom stereocenters. The molecule has 3 aromatic rings. The van der Waals surface area contributed by atoms with Crippen LogP contribution < -0.4 is 5.32 Å². The molecule has 0 heterocycles. The largest absolute Gasteiger partial charge is 0.352 e. The van der Waals surface area contributed by atoms with Crippen molar-refractivity contribution in [2.75, 3.05) is 5.75 Å². The molecule has 0 saturated heterocycles. The average Bonchev–Trinajstić information content (AvgIpc) is 2.85. The fraction of sp³-hybridized carbons (Fsp3) is 0.310. The van der Waals surface area contributed by atoms with Gasteiger partial charge in [0.15, 0.2) is 0 Å². The minimum Gasteiger partial charge on any atom is -0.352 e. The van der Waals surface area contributed by atoms with Gasteiger partial charge in [0, 0.05) is 41.4 Å². The highest BCUT2D eigenvalue weighted by Gasteiger charge is 2.30. The predicted molar refractivity (Wildman–Crippen MR) is 149 cm³/mol. The first-order valence-electron chi connectivity index (χ1n) is 11.9. The van der Waals surface area contributed by atoms with Gasteiger partial charge in [-0.3, -0.25) is 9.59 Å². The van der Waals surface area contributed by atoms with Crippen molar-refractivity contribution in [1.82, 2.24) is 10.2 Å². The molecule has 0 bridgehead atoms. The van der Waals surface area contributed by atoms with Crippen LogP contribution >= 0.6 is 27.7 Å². The maximum absolute atomic E-state index is 13.6. The van der Waals surface area contributed by atoms with Gasteiger partial charge in [-0.25, -0.2) is 0 Å². The van der Waals surface area contributed by atoms with Crippen molar-refractivity contribution >= 4 is 39.5 Å². The summed E-state index contributed by atoms with van der Waals surface area (Å²) in [7, 11) is 0. The van der Waals surface area contributed by atoms with Gasteiger partial charge in [-0.15, -0.1) is 0 Å². The number of thioether (sulfide) groups is 1. The third kappa shape index (κ3) is 9.19. The molecule has 0 aromatic heterocycles. The van der Waals surface area contributed by atoms with Crippen molar-refractivity contribution < 1.29 is 9.59 Å². The zero-order valence-corrected chi connectivity index (χ0v) is 22.7. The lowest BCUT2D eigenvalue weighted by molar-refractivity contribution is -0.141. The van der Waals surface area contributed by atoms with Crippen LogP contribution in [0.3, 0.4) is 0 Å². The van der Waals surface area contributed by atoms with E-state index in [9.17, 15) is 9.59 Å². The zero-order chi connectivity index (χ0) is 25.0. The van der Waals surface area contributed by atoms with Crippen molar-refractivity contribution in [3.63, 3.8) is 0 Å². The molecule has 3 aromatic carbocycles. The third-order valence-electron chi connectivity index (χ3n) is 5.52. The SMILES string of the molecule is CC(C)NC(=O)[C@H](Cc1ccccc1)N(Cc1cccc(Br)c1)C(=O)CCSCc1ccccc1. The topological polar surface area (TPSA) is 49.4 Å². The number of hydrogen-bond acceptors (Lipinski definition) is 3. The first-order valence-corrected chi connectivity index (χ1v) is 13.9. The van der Waals surface area contributed by atoms with Gasteiger partial charge in [-0.2, -0.15) is 11.8 Å². The molecule has 0 fully saturated rings. The van der Waals surface area contributed by atoms with Crippen molar-refractivity contribution in [3.05, 3.63) is 106 Å². The molecule has 0 spiro atoms. The normalized spacial score (nSPS) is 11.8. The lowest BCUT2D eigenvalue weighted by Crippen LogP contribution is -2.51. The van der Waals surface area contributed by atoms with Crippen LogP contribution in [-0.4, -0.2) is 34.6 Å². The number of halogens is 1. The first-order chi connectivity index (χ1) is 16.9. The smallest absolute Gasteiger partial charge is 0.243 e. The highest BCUT2D eigenvalue weighted by Crippen LogP contribution is 2.20. The zero-order valence-electron chi connectivity index (χ0n) is 20.3. The van der Waals surface area contributed by atoms with E-state index in [1.807, 2.05) is 86.6 Å². The van der Waals surface area contributed by atoms with Crippen molar-refractivity contribution in [2.24, 2.45) is 0 Å². The van der Waals surface area contributed by atoms with E-state index in [-0.39, 0.29) is 17.9 Å². The van der Waals surface area contributed by atoms with Gasteiger partial charge < -0.3 is 10.2 Å². The molecular formula is C29H33BrN2O2S. The Bertz CT molecular complexity index is 1080. The quantitative estimate of drug-likeness (QED) is 0.270. The molecular weight excluding hydrogens is 520 g/mol. The standard InChI is InChI=1S/C29H33BrN2O2S/c1-22(2)31-29(34)27(19-23-10-5-3-6-11-23)32(20-25-14-9-15-26(30)18-25)28(33)16-17-35-21-24-12-7-4-8-13-24/h3-15,18,22,27H,16-17,19-21H2,1-2H3,(H,31,34)/t27-/m0/s1. The summed E-state index contributed by atoms with van der Waals surface area (Å²) in [6, 6.07) is 27.5. The maximum Gasteiger partial charge on any atom is 0.243 e. The summed E-state index contributed by atoms with van der Waals surface area (Å²) < 4.78 is 0.951. The number of hydrogen-bond donors (Lipinski definition) is 1. The molecule has 0 aliphatic carbocycles. The number of nitrogens with one attached hydrogen (secondary N) is 1. The number of amides is 2. The van der Waals surface area contributed by atoms with Crippen LogP contribution in [0.15, 0.2) is 89.4 Å². The predicted octanol–water partition coefficient (Wildman–Crippen LogP) is 6.24. The number of benzene rings is 3. The molecule has 0 aliphatic heterocycles. The van der Waals surface area contributed by atoms with E-state index in [4.69, 9.17) is 0 Å². The Kier molecular flexibility index (Phi) is 10.9. The van der Waals surface area contributed by atoms with Gasteiger partial charge in [0.2, 0.25) is 11.8 Å². The Morgan fingerprint density at radius 1 is 0.886 bits per heavy atom. The van der Waals surface area contributed by atoms with Crippen LogP contribution in [0.1, 0.15) is 37.0 Å². The molecule has 0 aliphatic rings. The average molecular weight is 554 g/mol. The van der Waals surface area contributed by atoms with E-state index in [1.165, 1.54) is 5.56 Å². The monoisotopic (exact) mass is 552 g/mol. The maximum atomic E-state index is 13.6. The second kappa shape index (κ2) is 14.1. The second-order valence-electron chi connectivity index (χ2n) is 8.81. The molecule has 0 unspecified atom stereocenters. The molecule has 2 amide bonds. The van der Waals surface area contributed by atoms with Crippen LogP contribution in [-0.2, 0) is 28.3 Å². The molecule has 6 heteroatoms. The van der Waals surface area contributed by atoms with Gasteiger partial charge in [-0.05, 0) is 42.7 Å². The first kappa shape index (κ1) is 27.0. The van der Waals surface area contributed by atoms with Gasteiger partial charge in [0.1, 0.15) is 6.04 Å². The minimum atomic E-state index is -0.592. The van der Waals surface area contributed by atoms with Crippen LogP contribution in [0.2, 0.25) is 0 Å². The lowest BCUT2D eigenvalue weighted by atomic mass is 10.0. The molecule has 0 saturated carbocycles. The Labute approximate surface area is 221 Å². The highest BCUT2D eigenvalue weighted by atomic mass is 79.9. The summed E-state index contributed by atoms with van der Waals surface area (Å²) in [4.78, 5) is 28.7. The minimum absolute atomic E-state index is 0.00891. The number of nitrogens with zero attached hydrogens (tertiary/aromatic N) is 1. The lowest BCUT2D eigenvalue weighted by Gasteiger charge is -2.32. The number of rotatable bonds is 12. The van der Waals surface area contributed by atoms with E-state index in [0.717, 1.165) is 21.4 Å². The summed E-state index contributed by atoms with van der Waals surface area (Å²) in [5, 5.41) is 3.04. The van der Waals surface area contributed by atoms with Crippen LogP contribution in [0.4, 0.5) is 0 Å². The van der Waals surface area contributed by atoms with Crippen molar-refractivity contribution in [1.29, 1.82) is 0 Å². The highest BCUT2D eigenvalue weighted by molar-refractivity contribution is 9.10. The summed E-state index contributed by atoms with van der Waals surface area (Å²) in [6.45, 7) is 4.26. The van der Waals surface area contributed by atoms with Crippen LogP contribution in [0.5, 0.6) is 0 Å². The van der Waals surface area contributed by atoms with E-state index in [1.54, 1.807) is 16.7 Å². The Hall–Kier alpha value is -2.57. The molecule has 35 heavy (non-hydrogen) atoms. The van der Waals surface area contributed by atoms with Crippen molar-refractivity contribution in [2.45, 2.75) is 51.1 Å². The van der Waals surface area contributed by atoms with Crippen LogP contribution in [0.25, 0.3) is 0 Å². The van der Waals surface area contributed by atoms with Gasteiger partial charge in [0.05, 0.1) is 0 Å². The number of carbonyl (C=O) groups excluding carboxylic acids is 2. The van der Waals surface area contributed by atoms with E-state index in [0.29, 0.717) is 25.1 Å². The second-order valence-corrected chi connectivity index (χ2v) is 10.8. The third-order valence-corrected chi connectivity index (χ3v) is 7.04. The summed E-state index contributed by atoms with van der Waals surface area (Å²) in [5.74, 6) is 1.43. The Morgan fingerprint density at radius 2 is 1.51 bits per heavy atom. The van der Waals surface area contributed by atoms with Crippen LogP contribution in [0, 0.1) is 0 Å². The summed E-state index contributed by atoms with van der Waals surface area (Å²) >= 11 is 5.27. The Balaban J connectivity index is 1.79. The fourth-order valence-electron chi connectivity index (χ4n) is 3.83. The fourth-order valence-corrected chi connectivity index (χ4v) is 5.17. The van der Waals surface area contributed by atoms with Gasteiger partial charge >= 0.3 is 0 Å². The van der Waals surface area contributed by atoms with E-state index in [2.05, 4.69) is 33.4 Å². The molecule has 4 nitrogen and oxygen atoms in total. The molecule has 3 rings (SSSR count). The Morgan fingerprint density at radius 3 is 2.14 bits per heavy atom. The molecule has 1 N–H and O–H groups in total. The molecule has 184 valence electrons. The number of carbonyl (C=O) groups is 2.